The van der Waals surface area contributed by atoms with E-state index in [1.165, 1.54) is 24.7 Å². The van der Waals surface area contributed by atoms with Gasteiger partial charge in [-0.15, -0.1) is 0 Å². The molecule has 0 bridgehead atoms. The van der Waals surface area contributed by atoms with Crippen LogP contribution in [0.2, 0.25) is 0 Å². The van der Waals surface area contributed by atoms with Gasteiger partial charge in [-0.25, -0.2) is 8.78 Å². The van der Waals surface area contributed by atoms with E-state index >= 15 is 0 Å². The van der Waals surface area contributed by atoms with E-state index in [1.54, 1.807) is 7.05 Å². The summed E-state index contributed by atoms with van der Waals surface area (Å²) in [4.78, 5) is 4.12. The molecule has 6 heteroatoms. The summed E-state index contributed by atoms with van der Waals surface area (Å²) in [6.45, 7) is 3.24. The van der Waals surface area contributed by atoms with Crippen LogP contribution in [-0.4, -0.2) is 30.1 Å². The summed E-state index contributed by atoms with van der Waals surface area (Å²) >= 11 is 1.96. The topological polar surface area (TPSA) is 36.4 Å². The van der Waals surface area contributed by atoms with Crippen LogP contribution in [0, 0.1) is 11.6 Å². The molecular formula is C15H21F2N3S. The zero-order chi connectivity index (χ0) is 15.3. The van der Waals surface area contributed by atoms with Gasteiger partial charge in [0.25, 0.3) is 0 Å². The maximum absolute atomic E-state index is 13.5. The number of rotatable bonds is 4. The number of nitrogens with zero attached hydrogens (tertiary/aromatic N) is 1. The van der Waals surface area contributed by atoms with E-state index in [1.807, 2.05) is 11.8 Å². The summed E-state index contributed by atoms with van der Waals surface area (Å²) < 4.78 is 26.9. The quantitative estimate of drug-likeness (QED) is 0.663. The van der Waals surface area contributed by atoms with Gasteiger partial charge in [0.05, 0.1) is 0 Å². The number of halogens is 2. The van der Waals surface area contributed by atoms with Crippen molar-refractivity contribution < 1.29 is 8.78 Å². The Balaban J connectivity index is 1.86. The van der Waals surface area contributed by atoms with E-state index in [9.17, 15) is 8.78 Å². The molecular weight excluding hydrogens is 292 g/mol. The SMILES string of the molecule is CN=C(NCc1cc(F)ccc1F)NCC1(C)CCCS1. The molecule has 1 saturated heterocycles. The first-order valence-electron chi connectivity index (χ1n) is 7.05. The monoisotopic (exact) mass is 313 g/mol. The lowest BCUT2D eigenvalue weighted by Crippen LogP contribution is -2.43. The molecule has 1 aromatic carbocycles. The molecule has 0 radical (unpaired) electrons. The van der Waals surface area contributed by atoms with Crippen LogP contribution in [0.15, 0.2) is 23.2 Å². The molecule has 1 heterocycles. The molecule has 2 rings (SSSR count). The van der Waals surface area contributed by atoms with Gasteiger partial charge in [0.2, 0.25) is 0 Å². The van der Waals surface area contributed by atoms with Gasteiger partial charge < -0.3 is 10.6 Å². The summed E-state index contributed by atoms with van der Waals surface area (Å²) in [5, 5.41) is 6.28. The van der Waals surface area contributed by atoms with Gasteiger partial charge >= 0.3 is 0 Å². The number of guanidine groups is 1. The summed E-state index contributed by atoms with van der Waals surface area (Å²) in [6, 6.07) is 3.45. The third-order valence-electron chi connectivity index (χ3n) is 3.61. The summed E-state index contributed by atoms with van der Waals surface area (Å²) in [6.07, 6.45) is 2.42. The average Bonchev–Trinajstić information content (AvgIpc) is 2.90. The lowest BCUT2D eigenvalue weighted by molar-refractivity contribution is 0.574. The number of aliphatic imine (C=N–C) groups is 1. The Morgan fingerprint density at radius 3 is 2.86 bits per heavy atom. The Kier molecular flexibility index (Phi) is 5.45. The standard InChI is InChI=1S/C15H21F2N3S/c1-15(6-3-7-21-15)10-20-14(18-2)19-9-11-8-12(16)4-5-13(11)17/h4-5,8H,3,6-7,9-10H2,1-2H3,(H2,18,19,20). The molecule has 1 unspecified atom stereocenters. The summed E-state index contributed by atoms with van der Waals surface area (Å²) in [5.74, 6) is 0.940. The second kappa shape index (κ2) is 7.11. The van der Waals surface area contributed by atoms with Crippen molar-refractivity contribution in [2.75, 3.05) is 19.3 Å². The highest BCUT2D eigenvalue weighted by atomic mass is 32.2. The molecule has 1 aliphatic rings. The van der Waals surface area contributed by atoms with Crippen LogP contribution in [-0.2, 0) is 6.54 Å². The molecule has 1 aliphatic heterocycles. The molecule has 1 aromatic rings. The molecule has 0 aromatic heterocycles. The van der Waals surface area contributed by atoms with Gasteiger partial charge in [-0.05, 0) is 43.7 Å². The van der Waals surface area contributed by atoms with Crippen molar-refractivity contribution in [2.24, 2.45) is 4.99 Å². The van der Waals surface area contributed by atoms with Crippen LogP contribution in [0.25, 0.3) is 0 Å². The summed E-state index contributed by atoms with van der Waals surface area (Å²) in [7, 11) is 1.67. The molecule has 0 saturated carbocycles. The highest BCUT2D eigenvalue weighted by Crippen LogP contribution is 2.36. The Morgan fingerprint density at radius 2 is 2.19 bits per heavy atom. The zero-order valence-corrected chi connectivity index (χ0v) is 13.2. The van der Waals surface area contributed by atoms with Crippen LogP contribution >= 0.6 is 11.8 Å². The maximum atomic E-state index is 13.5. The molecule has 0 amide bonds. The fourth-order valence-electron chi connectivity index (χ4n) is 2.33. The fraction of sp³-hybridized carbons (Fsp3) is 0.533. The first kappa shape index (κ1) is 16.1. The largest absolute Gasteiger partial charge is 0.355 e. The number of thioether (sulfide) groups is 1. The van der Waals surface area contributed by atoms with E-state index in [2.05, 4.69) is 22.5 Å². The van der Waals surface area contributed by atoms with Gasteiger partial charge in [0, 0.05) is 30.4 Å². The van der Waals surface area contributed by atoms with Crippen molar-refractivity contribution in [3.8, 4) is 0 Å². The van der Waals surface area contributed by atoms with E-state index < -0.39 is 11.6 Å². The van der Waals surface area contributed by atoms with Crippen molar-refractivity contribution in [1.82, 2.24) is 10.6 Å². The minimum Gasteiger partial charge on any atom is -0.355 e. The predicted molar refractivity (Wildman–Crippen MR) is 84.7 cm³/mol. The van der Waals surface area contributed by atoms with Crippen LogP contribution in [0.3, 0.4) is 0 Å². The van der Waals surface area contributed by atoms with Crippen LogP contribution in [0.5, 0.6) is 0 Å². The van der Waals surface area contributed by atoms with E-state index in [-0.39, 0.29) is 11.3 Å². The van der Waals surface area contributed by atoms with Crippen LogP contribution in [0.4, 0.5) is 8.78 Å². The normalized spacial score (nSPS) is 22.4. The first-order chi connectivity index (χ1) is 10.0. The minimum absolute atomic E-state index is 0.202. The number of benzene rings is 1. The molecule has 1 fully saturated rings. The second-order valence-corrected chi connectivity index (χ2v) is 7.10. The van der Waals surface area contributed by atoms with Gasteiger partial charge in [0.1, 0.15) is 11.6 Å². The Bertz CT molecular complexity index is 514. The fourth-order valence-corrected chi connectivity index (χ4v) is 3.57. The maximum Gasteiger partial charge on any atom is 0.191 e. The van der Waals surface area contributed by atoms with E-state index in [4.69, 9.17) is 0 Å². The molecule has 21 heavy (non-hydrogen) atoms. The highest BCUT2D eigenvalue weighted by Gasteiger charge is 2.29. The molecule has 0 spiro atoms. The molecule has 116 valence electrons. The number of hydrogen-bond donors (Lipinski definition) is 2. The van der Waals surface area contributed by atoms with Gasteiger partial charge in [-0.2, -0.15) is 11.8 Å². The molecule has 2 N–H and O–H groups in total. The Labute approximate surface area is 128 Å². The van der Waals surface area contributed by atoms with Gasteiger partial charge in [-0.1, -0.05) is 0 Å². The third kappa shape index (κ3) is 4.59. The predicted octanol–water partition coefficient (Wildman–Crippen LogP) is 2.92. The Morgan fingerprint density at radius 1 is 1.38 bits per heavy atom. The van der Waals surface area contributed by atoms with Crippen molar-refractivity contribution >= 4 is 17.7 Å². The Hall–Kier alpha value is -1.30. The number of nitrogens with one attached hydrogen (secondary N) is 2. The van der Waals surface area contributed by atoms with Crippen molar-refractivity contribution in [3.63, 3.8) is 0 Å². The van der Waals surface area contributed by atoms with Crippen molar-refractivity contribution in [2.45, 2.75) is 31.1 Å². The highest BCUT2D eigenvalue weighted by molar-refractivity contribution is 8.00. The van der Waals surface area contributed by atoms with Crippen LogP contribution < -0.4 is 10.6 Å². The minimum atomic E-state index is -0.439. The van der Waals surface area contributed by atoms with E-state index in [0.29, 0.717) is 11.5 Å². The van der Waals surface area contributed by atoms with Gasteiger partial charge in [0.15, 0.2) is 5.96 Å². The smallest absolute Gasteiger partial charge is 0.191 e. The molecule has 0 aliphatic carbocycles. The first-order valence-corrected chi connectivity index (χ1v) is 8.03. The number of hydrogen-bond acceptors (Lipinski definition) is 2. The molecule has 3 nitrogen and oxygen atoms in total. The summed E-state index contributed by atoms with van der Waals surface area (Å²) in [5.41, 5.74) is 0.291. The third-order valence-corrected chi connectivity index (χ3v) is 5.15. The average molecular weight is 313 g/mol. The lowest BCUT2D eigenvalue weighted by atomic mass is 10.1. The van der Waals surface area contributed by atoms with Gasteiger partial charge in [-0.3, -0.25) is 4.99 Å². The van der Waals surface area contributed by atoms with Crippen LogP contribution in [0.1, 0.15) is 25.3 Å². The van der Waals surface area contributed by atoms with Crippen molar-refractivity contribution in [3.05, 3.63) is 35.4 Å². The zero-order valence-electron chi connectivity index (χ0n) is 12.4. The van der Waals surface area contributed by atoms with Crippen molar-refractivity contribution in [1.29, 1.82) is 0 Å². The molecule has 1 atom stereocenters. The lowest BCUT2D eigenvalue weighted by Gasteiger charge is -2.24. The van der Waals surface area contributed by atoms with E-state index in [0.717, 1.165) is 18.7 Å². The second-order valence-electron chi connectivity index (χ2n) is 5.42.